The fourth-order valence-corrected chi connectivity index (χ4v) is 3.63. The Balaban J connectivity index is 1.77. The van der Waals surface area contributed by atoms with Crippen molar-refractivity contribution in [2.75, 3.05) is 13.7 Å². The number of hydrogen-bond acceptors (Lipinski definition) is 3. The highest BCUT2D eigenvalue weighted by molar-refractivity contribution is 5.83. The predicted octanol–water partition coefficient (Wildman–Crippen LogP) is 3.64. The minimum Gasteiger partial charge on any atom is -0.497 e. The molecule has 0 saturated heterocycles. The van der Waals surface area contributed by atoms with E-state index < -0.39 is 0 Å². The topological polar surface area (TPSA) is 58.6 Å². The molecule has 3 atom stereocenters. The molecule has 24 heavy (non-hydrogen) atoms. The van der Waals surface area contributed by atoms with Crippen LogP contribution in [0.5, 0.6) is 5.75 Å². The number of carbonyl (C=O) groups excluding carboxylic acids is 1. The van der Waals surface area contributed by atoms with Gasteiger partial charge >= 0.3 is 0 Å². The third kappa shape index (κ3) is 5.23. The van der Waals surface area contributed by atoms with Crippen LogP contribution in [0.15, 0.2) is 24.3 Å². The fourth-order valence-electron chi connectivity index (χ4n) is 3.63. The summed E-state index contributed by atoms with van der Waals surface area (Å²) in [4.78, 5) is 12.5. The quantitative estimate of drug-likeness (QED) is 0.714. The van der Waals surface area contributed by atoms with Gasteiger partial charge in [0.2, 0.25) is 5.91 Å². The van der Waals surface area contributed by atoms with Gasteiger partial charge in [-0.15, -0.1) is 0 Å². The summed E-state index contributed by atoms with van der Waals surface area (Å²) >= 11 is 0. The molecule has 0 aliphatic heterocycles. The van der Waals surface area contributed by atoms with Gasteiger partial charge in [0.15, 0.2) is 0 Å². The predicted molar refractivity (Wildman–Crippen MR) is 96.2 cm³/mol. The Labute approximate surface area is 145 Å². The standard InChI is InChI=1S/C20H31NO3/c1-3-18(15-10-12-17(24-2)13-11-15)20(23)21-14-6-8-16-7-4-5-9-19(16)22/h10-13,16,18-19,22H,3-9,14H2,1-2H3,(H,21,23). The van der Waals surface area contributed by atoms with Crippen molar-refractivity contribution in [3.05, 3.63) is 29.8 Å². The average Bonchev–Trinajstić information content (AvgIpc) is 2.61. The molecule has 1 aliphatic carbocycles. The molecule has 1 aliphatic rings. The molecule has 2 N–H and O–H groups in total. The van der Waals surface area contributed by atoms with Crippen LogP contribution in [-0.4, -0.2) is 30.8 Å². The lowest BCUT2D eigenvalue weighted by molar-refractivity contribution is -0.122. The summed E-state index contributed by atoms with van der Waals surface area (Å²) in [6.07, 6.45) is 7.01. The molecule has 1 aromatic carbocycles. The van der Waals surface area contributed by atoms with E-state index >= 15 is 0 Å². The molecule has 134 valence electrons. The first-order chi connectivity index (χ1) is 11.7. The first-order valence-corrected chi connectivity index (χ1v) is 9.25. The molecule has 0 spiro atoms. The lowest BCUT2D eigenvalue weighted by Crippen LogP contribution is -2.31. The zero-order chi connectivity index (χ0) is 17.4. The second kappa shape index (κ2) is 9.67. The number of ether oxygens (including phenoxy) is 1. The number of rotatable bonds is 8. The molecule has 1 aromatic rings. The molecule has 4 nitrogen and oxygen atoms in total. The average molecular weight is 333 g/mol. The van der Waals surface area contributed by atoms with E-state index in [1.165, 1.54) is 6.42 Å². The van der Waals surface area contributed by atoms with E-state index in [1.807, 2.05) is 31.2 Å². The van der Waals surface area contributed by atoms with Crippen LogP contribution in [0.2, 0.25) is 0 Å². The number of benzene rings is 1. The van der Waals surface area contributed by atoms with Gasteiger partial charge in [0.25, 0.3) is 0 Å². The molecular weight excluding hydrogens is 302 g/mol. The van der Waals surface area contributed by atoms with E-state index in [-0.39, 0.29) is 17.9 Å². The van der Waals surface area contributed by atoms with Crippen molar-refractivity contribution >= 4 is 5.91 Å². The van der Waals surface area contributed by atoms with Gasteiger partial charge in [-0.05, 0) is 55.7 Å². The molecule has 1 amide bonds. The Morgan fingerprint density at radius 3 is 2.62 bits per heavy atom. The van der Waals surface area contributed by atoms with Crippen molar-refractivity contribution in [3.63, 3.8) is 0 Å². The van der Waals surface area contributed by atoms with E-state index in [0.29, 0.717) is 12.5 Å². The molecule has 3 unspecified atom stereocenters. The van der Waals surface area contributed by atoms with E-state index in [1.54, 1.807) is 7.11 Å². The maximum Gasteiger partial charge on any atom is 0.227 e. The van der Waals surface area contributed by atoms with Gasteiger partial charge in [0, 0.05) is 6.54 Å². The van der Waals surface area contributed by atoms with Gasteiger partial charge in [-0.2, -0.15) is 0 Å². The normalized spacial score (nSPS) is 22.0. The highest BCUT2D eigenvalue weighted by atomic mass is 16.5. The van der Waals surface area contributed by atoms with Gasteiger partial charge in [0.05, 0.1) is 19.1 Å². The zero-order valence-corrected chi connectivity index (χ0v) is 15.0. The third-order valence-electron chi connectivity index (χ3n) is 5.16. The summed E-state index contributed by atoms with van der Waals surface area (Å²) in [6, 6.07) is 7.72. The number of amides is 1. The van der Waals surface area contributed by atoms with Crippen LogP contribution >= 0.6 is 0 Å². The Morgan fingerprint density at radius 1 is 1.29 bits per heavy atom. The largest absolute Gasteiger partial charge is 0.497 e. The first kappa shape index (κ1) is 18.8. The molecule has 0 heterocycles. The summed E-state index contributed by atoms with van der Waals surface area (Å²) in [5.74, 6) is 1.20. The maximum absolute atomic E-state index is 12.5. The van der Waals surface area contributed by atoms with Crippen LogP contribution < -0.4 is 10.1 Å². The number of methoxy groups -OCH3 is 1. The molecule has 2 rings (SSSR count). The first-order valence-electron chi connectivity index (χ1n) is 9.25. The van der Waals surface area contributed by atoms with Crippen LogP contribution in [0, 0.1) is 5.92 Å². The van der Waals surface area contributed by atoms with Crippen LogP contribution in [0.1, 0.15) is 63.4 Å². The molecule has 4 heteroatoms. The van der Waals surface area contributed by atoms with Crippen molar-refractivity contribution in [3.8, 4) is 5.75 Å². The van der Waals surface area contributed by atoms with Gasteiger partial charge < -0.3 is 15.2 Å². The number of carbonyl (C=O) groups is 1. The molecule has 0 bridgehead atoms. The smallest absolute Gasteiger partial charge is 0.227 e. The van der Waals surface area contributed by atoms with Crippen molar-refractivity contribution in [1.82, 2.24) is 5.32 Å². The second-order valence-corrected chi connectivity index (χ2v) is 6.78. The fraction of sp³-hybridized carbons (Fsp3) is 0.650. The molecule has 1 fully saturated rings. The third-order valence-corrected chi connectivity index (χ3v) is 5.16. The summed E-state index contributed by atoms with van der Waals surface area (Å²) in [7, 11) is 1.64. The second-order valence-electron chi connectivity index (χ2n) is 6.78. The highest BCUT2D eigenvalue weighted by Crippen LogP contribution is 2.28. The Bertz CT molecular complexity index is 500. The SMILES string of the molecule is CCC(C(=O)NCCCC1CCCCC1O)c1ccc(OC)cc1. The van der Waals surface area contributed by atoms with Crippen molar-refractivity contribution in [2.45, 2.75) is 63.9 Å². The summed E-state index contributed by atoms with van der Waals surface area (Å²) in [5, 5.41) is 13.1. The Morgan fingerprint density at radius 2 is 2.00 bits per heavy atom. The van der Waals surface area contributed by atoms with Crippen molar-refractivity contribution in [1.29, 1.82) is 0 Å². The molecule has 0 aromatic heterocycles. The Hall–Kier alpha value is -1.55. The minimum atomic E-state index is -0.142. The summed E-state index contributed by atoms with van der Waals surface area (Å²) in [6.45, 7) is 2.72. The van der Waals surface area contributed by atoms with Crippen LogP contribution in [0.4, 0.5) is 0 Å². The number of hydrogen-bond donors (Lipinski definition) is 2. The van der Waals surface area contributed by atoms with E-state index in [4.69, 9.17) is 4.74 Å². The highest BCUT2D eigenvalue weighted by Gasteiger charge is 2.23. The lowest BCUT2D eigenvalue weighted by atomic mass is 9.83. The summed E-state index contributed by atoms with van der Waals surface area (Å²) < 4.78 is 5.17. The van der Waals surface area contributed by atoms with Gasteiger partial charge in [0.1, 0.15) is 5.75 Å². The van der Waals surface area contributed by atoms with Crippen molar-refractivity contribution < 1.29 is 14.6 Å². The number of nitrogens with one attached hydrogen (secondary N) is 1. The van der Waals surface area contributed by atoms with E-state index in [0.717, 1.165) is 49.8 Å². The Kier molecular flexibility index (Phi) is 7.57. The maximum atomic E-state index is 12.5. The van der Waals surface area contributed by atoms with Crippen molar-refractivity contribution in [2.24, 2.45) is 5.92 Å². The zero-order valence-electron chi connectivity index (χ0n) is 15.0. The van der Waals surface area contributed by atoms with Crippen LogP contribution in [0.3, 0.4) is 0 Å². The monoisotopic (exact) mass is 333 g/mol. The van der Waals surface area contributed by atoms with Crippen LogP contribution in [0.25, 0.3) is 0 Å². The van der Waals surface area contributed by atoms with Gasteiger partial charge in [-0.3, -0.25) is 4.79 Å². The number of aliphatic hydroxyl groups is 1. The van der Waals surface area contributed by atoms with Crippen LogP contribution in [-0.2, 0) is 4.79 Å². The molecule has 1 saturated carbocycles. The van der Waals surface area contributed by atoms with Gasteiger partial charge in [-0.1, -0.05) is 31.9 Å². The summed E-state index contributed by atoms with van der Waals surface area (Å²) in [5.41, 5.74) is 1.03. The molecule has 0 radical (unpaired) electrons. The van der Waals surface area contributed by atoms with Gasteiger partial charge in [-0.25, -0.2) is 0 Å². The van der Waals surface area contributed by atoms with E-state index in [2.05, 4.69) is 5.32 Å². The van der Waals surface area contributed by atoms with E-state index in [9.17, 15) is 9.90 Å². The number of aliphatic hydroxyl groups excluding tert-OH is 1. The minimum absolute atomic E-state index is 0.0897. The lowest BCUT2D eigenvalue weighted by Gasteiger charge is -2.27. The molecular formula is C20H31NO3.